The molecule has 1 aliphatic rings. The van der Waals surface area contributed by atoms with Crippen LogP contribution in [-0.2, 0) is 4.79 Å². The van der Waals surface area contributed by atoms with E-state index in [1.54, 1.807) is 12.1 Å². The number of phenolic OH excluding ortho intramolecular Hbond substituents is 1. The first-order valence-corrected chi connectivity index (χ1v) is 6.03. The maximum Gasteiger partial charge on any atom is 0.227 e. The number of anilines is 1. The summed E-state index contributed by atoms with van der Waals surface area (Å²) in [5, 5.41) is 12.4. The molecule has 0 radical (unpaired) electrons. The molecule has 1 fully saturated rings. The topological polar surface area (TPSA) is 84.6 Å². The molecular formula is C13H18N2O3. The van der Waals surface area contributed by atoms with E-state index in [9.17, 15) is 9.90 Å². The first-order chi connectivity index (χ1) is 8.60. The van der Waals surface area contributed by atoms with Gasteiger partial charge in [0.05, 0.1) is 7.11 Å². The summed E-state index contributed by atoms with van der Waals surface area (Å²) in [6.07, 6.45) is 2.45. The number of rotatable bonds is 3. The molecule has 1 amide bonds. The zero-order valence-corrected chi connectivity index (χ0v) is 10.3. The summed E-state index contributed by atoms with van der Waals surface area (Å²) in [5.74, 6) is 0.339. The van der Waals surface area contributed by atoms with Crippen LogP contribution in [0.2, 0.25) is 0 Å². The number of carbonyl (C=O) groups excluding carboxylic acids is 1. The molecule has 1 aromatic carbocycles. The number of carbonyl (C=O) groups is 1. The predicted molar refractivity (Wildman–Crippen MR) is 68.6 cm³/mol. The molecule has 5 nitrogen and oxygen atoms in total. The summed E-state index contributed by atoms with van der Waals surface area (Å²) in [7, 11) is 1.48. The van der Waals surface area contributed by atoms with E-state index < -0.39 is 0 Å². The number of aromatic hydroxyl groups is 1. The zero-order chi connectivity index (χ0) is 13.1. The Hall–Kier alpha value is -1.75. The molecule has 1 saturated carbocycles. The molecule has 0 spiro atoms. The van der Waals surface area contributed by atoms with Gasteiger partial charge in [0, 0.05) is 23.7 Å². The summed E-state index contributed by atoms with van der Waals surface area (Å²) < 4.78 is 4.94. The summed E-state index contributed by atoms with van der Waals surface area (Å²) in [6.45, 7) is 0. The Kier molecular flexibility index (Phi) is 3.72. The highest BCUT2D eigenvalue weighted by molar-refractivity contribution is 5.93. The number of benzene rings is 1. The standard InChI is InChI=1S/C13H18N2O3/c1-18-12-5-4-10(7-11(12)16)15-13(17)8-2-3-9(14)6-8/h4-5,7-9,16H,2-3,6,14H2,1H3,(H,15,17). The minimum atomic E-state index is -0.0347. The van der Waals surface area contributed by atoms with E-state index in [-0.39, 0.29) is 23.6 Å². The van der Waals surface area contributed by atoms with Crippen LogP contribution >= 0.6 is 0 Å². The monoisotopic (exact) mass is 250 g/mol. The van der Waals surface area contributed by atoms with E-state index >= 15 is 0 Å². The normalized spacial score (nSPS) is 22.8. The van der Waals surface area contributed by atoms with Crippen LogP contribution in [0.4, 0.5) is 5.69 Å². The van der Waals surface area contributed by atoms with E-state index in [1.807, 2.05) is 0 Å². The van der Waals surface area contributed by atoms with Gasteiger partial charge in [0.25, 0.3) is 0 Å². The second-order valence-electron chi connectivity index (χ2n) is 4.65. The molecular weight excluding hydrogens is 232 g/mol. The van der Waals surface area contributed by atoms with Gasteiger partial charge < -0.3 is 20.9 Å². The van der Waals surface area contributed by atoms with Crippen LogP contribution in [0.5, 0.6) is 11.5 Å². The molecule has 1 aromatic rings. The van der Waals surface area contributed by atoms with Crippen molar-refractivity contribution < 1.29 is 14.6 Å². The number of nitrogens with one attached hydrogen (secondary N) is 1. The molecule has 4 N–H and O–H groups in total. The van der Waals surface area contributed by atoms with Crippen molar-refractivity contribution in [3.63, 3.8) is 0 Å². The van der Waals surface area contributed by atoms with Crippen molar-refractivity contribution >= 4 is 11.6 Å². The molecule has 18 heavy (non-hydrogen) atoms. The third-order valence-electron chi connectivity index (χ3n) is 3.29. The van der Waals surface area contributed by atoms with E-state index in [4.69, 9.17) is 10.5 Å². The van der Waals surface area contributed by atoms with Crippen molar-refractivity contribution in [2.75, 3.05) is 12.4 Å². The summed E-state index contributed by atoms with van der Waals surface area (Å²) in [6, 6.07) is 4.92. The van der Waals surface area contributed by atoms with Crippen molar-refractivity contribution in [2.45, 2.75) is 25.3 Å². The molecule has 2 atom stereocenters. The maximum absolute atomic E-state index is 11.9. The Morgan fingerprint density at radius 1 is 1.50 bits per heavy atom. The van der Waals surface area contributed by atoms with Gasteiger partial charge in [-0.05, 0) is 31.4 Å². The van der Waals surface area contributed by atoms with Crippen LogP contribution in [0, 0.1) is 5.92 Å². The third-order valence-corrected chi connectivity index (χ3v) is 3.29. The Morgan fingerprint density at radius 3 is 2.83 bits per heavy atom. The van der Waals surface area contributed by atoms with Gasteiger partial charge in [-0.25, -0.2) is 0 Å². The first-order valence-electron chi connectivity index (χ1n) is 6.03. The van der Waals surface area contributed by atoms with Crippen LogP contribution < -0.4 is 15.8 Å². The quantitative estimate of drug-likeness (QED) is 0.758. The second kappa shape index (κ2) is 5.27. The summed E-state index contributed by atoms with van der Waals surface area (Å²) >= 11 is 0. The summed E-state index contributed by atoms with van der Waals surface area (Å²) in [5.41, 5.74) is 6.35. The largest absolute Gasteiger partial charge is 0.504 e. The number of phenols is 1. The van der Waals surface area contributed by atoms with Crippen LogP contribution in [0.3, 0.4) is 0 Å². The highest BCUT2D eigenvalue weighted by atomic mass is 16.5. The van der Waals surface area contributed by atoms with Gasteiger partial charge in [-0.3, -0.25) is 4.79 Å². The van der Waals surface area contributed by atoms with Crippen molar-refractivity contribution in [3.8, 4) is 11.5 Å². The molecule has 0 heterocycles. The number of ether oxygens (including phenoxy) is 1. The van der Waals surface area contributed by atoms with E-state index in [0.29, 0.717) is 11.4 Å². The SMILES string of the molecule is COc1ccc(NC(=O)C2CCC(N)C2)cc1O. The molecule has 2 rings (SSSR count). The van der Waals surface area contributed by atoms with Gasteiger partial charge >= 0.3 is 0 Å². The number of hydrogen-bond acceptors (Lipinski definition) is 4. The van der Waals surface area contributed by atoms with Crippen molar-refractivity contribution in [1.82, 2.24) is 0 Å². The number of methoxy groups -OCH3 is 1. The number of amides is 1. The molecule has 5 heteroatoms. The van der Waals surface area contributed by atoms with E-state index in [2.05, 4.69) is 5.32 Å². The van der Waals surface area contributed by atoms with Gasteiger partial charge in [0.15, 0.2) is 11.5 Å². The van der Waals surface area contributed by atoms with Crippen LogP contribution in [0.25, 0.3) is 0 Å². The minimum Gasteiger partial charge on any atom is -0.504 e. The maximum atomic E-state index is 11.9. The minimum absolute atomic E-state index is 0.0124. The van der Waals surface area contributed by atoms with Gasteiger partial charge in [0.1, 0.15) is 0 Å². The molecule has 98 valence electrons. The lowest BCUT2D eigenvalue weighted by atomic mass is 10.1. The van der Waals surface area contributed by atoms with Crippen molar-refractivity contribution in [1.29, 1.82) is 0 Å². The number of hydrogen-bond donors (Lipinski definition) is 3. The van der Waals surface area contributed by atoms with Crippen LogP contribution in [0.1, 0.15) is 19.3 Å². The molecule has 0 bridgehead atoms. The Labute approximate surface area is 106 Å². The lowest BCUT2D eigenvalue weighted by molar-refractivity contribution is -0.119. The van der Waals surface area contributed by atoms with Gasteiger partial charge in [-0.1, -0.05) is 0 Å². The van der Waals surface area contributed by atoms with E-state index in [1.165, 1.54) is 13.2 Å². The average molecular weight is 250 g/mol. The predicted octanol–water partition coefficient (Wildman–Crippen LogP) is 1.47. The molecule has 0 aromatic heterocycles. The van der Waals surface area contributed by atoms with Gasteiger partial charge in [-0.15, -0.1) is 0 Å². The Morgan fingerprint density at radius 2 is 2.28 bits per heavy atom. The molecule has 2 unspecified atom stereocenters. The second-order valence-corrected chi connectivity index (χ2v) is 4.65. The van der Waals surface area contributed by atoms with Crippen molar-refractivity contribution in [2.24, 2.45) is 11.7 Å². The van der Waals surface area contributed by atoms with Crippen LogP contribution in [-0.4, -0.2) is 24.2 Å². The highest BCUT2D eigenvalue weighted by Gasteiger charge is 2.27. The lowest BCUT2D eigenvalue weighted by Gasteiger charge is -2.12. The van der Waals surface area contributed by atoms with Gasteiger partial charge in [-0.2, -0.15) is 0 Å². The van der Waals surface area contributed by atoms with E-state index in [0.717, 1.165) is 19.3 Å². The number of nitrogens with two attached hydrogens (primary N) is 1. The van der Waals surface area contributed by atoms with Gasteiger partial charge in [0.2, 0.25) is 5.91 Å². The van der Waals surface area contributed by atoms with Crippen LogP contribution in [0.15, 0.2) is 18.2 Å². The lowest BCUT2D eigenvalue weighted by Crippen LogP contribution is -2.23. The Balaban J connectivity index is 2.01. The fraction of sp³-hybridized carbons (Fsp3) is 0.462. The molecule has 0 saturated heterocycles. The highest BCUT2D eigenvalue weighted by Crippen LogP contribution is 2.30. The fourth-order valence-corrected chi connectivity index (χ4v) is 2.27. The summed E-state index contributed by atoms with van der Waals surface area (Å²) in [4.78, 5) is 11.9. The third kappa shape index (κ3) is 2.73. The first kappa shape index (κ1) is 12.7. The van der Waals surface area contributed by atoms with Crippen molar-refractivity contribution in [3.05, 3.63) is 18.2 Å². The average Bonchev–Trinajstić information content (AvgIpc) is 2.76. The molecule has 1 aliphatic carbocycles. The Bertz CT molecular complexity index is 448. The fourth-order valence-electron chi connectivity index (χ4n) is 2.27. The molecule has 0 aliphatic heterocycles. The smallest absolute Gasteiger partial charge is 0.227 e. The zero-order valence-electron chi connectivity index (χ0n) is 10.3.